The number of hydrogen-bond donors (Lipinski definition) is 3. The van der Waals surface area contributed by atoms with Gasteiger partial charge in [0.15, 0.2) is 11.6 Å². The lowest BCUT2D eigenvalue weighted by Gasteiger charge is -2.04. The first kappa shape index (κ1) is 11.0. The molecule has 1 aromatic rings. The second-order valence-electron chi connectivity index (χ2n) is 2.71. The lowest BCUT2D eigenvalue weighted by molar-refractivity contribution is -0.135. The summed E-state index contributed by atoms with van der Waals surface area (Å²) in [5.74, 6) is -3.79. The first-order valence-electron chi connectivity index (χ1n) is 4.00. The minimum Gasteiger partial charge on any atom is -0.504 e. The Morgan fingerprint density at radius 3 is 2.67 bits per heavy atom. The van der Waals surface area contributed by atoms with Crippen LogP contribution in [0.1, 0.15) is 10.4 Å². The van der Waals surface area contributed by atoms with Gasteiger partial charge < -0.3 is 15.5 Å². The number of amides is 1. The molecule has 3 N–H and O–H groups in total. The van der Waals surface area contributed by atoms with Gasteiger partial charge in [-0.25, -0.2) is 4.39 Å². The number of carboxylic acids is 1. The summed E-state index contributed by atoms with van der Waals surface area (Å²) in [7, 11) is 0. The molecule has 0 fully saturated rings. The van der Waals surface area contributed by atoms with Crippen LogP contribution in [0.3, 0.4) is 0 Å². The Morgan fingerprint density at radius 1 is 1.40 bits per heavy atom. The number of rotatable bonds is 3. The van der Waals surface area contributed by atoms with Gasteiger partial charge in [0.05, 0.1) is 5.56 Å². The molecule has 0 bridgehead atoms. The fourth-order valence-corrected chi connectivity index (χ4v) is 0.950. The van der Waals surface area contributed by atoms with Crippen LogP contribution in [0.2, 0.25) is 0 Å². The maximum atomic E-state index is 12.8. The van der Waals surface area contributed by atoms with Crippen LogP contribution in [0.25, 0.3) is 0 Å². The van der Waals surface area contributed by atoms with Crippen LogP contribution in [0.15, 0.2) is 18.2 Å². The smallest absolute Gasteiger partial charge is 0.322 e. The van der Waals surface area contributed by atoms with E-state index in [1.807, 2.05) is 5.32 Å². The van der Waals surface area contributed by atoms with Gasteiger partial charge in [0.2, 0.25) is 0 Å². The van der Waals surface area contributed by atoms with E-state index in [4.69, 9.17) is 10.2 Å². The highest BCUT2D eigenvalue weighted by Crippen LogP contribution is 2.20. The number of nitrogens with one attached hydrogen (secondary N) is 1. The second-order valence-corrected chi connectivity index (χ2v) is 2.71. The third-order valence-corrected chi connectivity index (χ3v) is 1.63. The van der Waals surface area contributed by atoms with Crippen molar-refractivity contribution in [1.82, 2.24) is 5.32 Å². The highest BCUT2D eigenvalue weighted by molar-refractivity contribution is 5.98. The van der Waals surface area contributed by atoms with Crippen LogP contribution in [-0.2, 0) is 4.79 Å². The van der Waals surface area contributed by atoms with E-state index < -0.39 is 30.0 Å². The Balaban J connectivity index is 2.82. The number of halogens is 1. The van der Waals surface area contributed by atoms with Gasteiger partial charge >= 0.3 is 5.97 Å². The van der Waals surface area contributed by atoms with Crippen LogP contribution in [0.4, 0.5) is 4.39 Å². The number of benzene rings is 1. The fraction of sp³-hybridized carbons (Fsp3) is 0.111. The number of aliphatic carboxylic acids is 1. The van der Waals surface area contributed by atoms with Gasteiger partial charge in [-0.15, -0.1) is 0 Å². The summed E-state index contributed by atoms with van der Waals surface area (Å²) in [6.07, 6.45) is 0. The monoisotopic (exact) mass is 213 g/mol. The van der Waals surface area contributed by atoms with Crippen molar-refractivity contribution in [2.24, 2.45) is 0 Å². The fourth-order valence-electron chi connectivity index (χ4n) is 0.950. The molecule has 5 nitrogen and oxygen atoms in total. The molecule has 15 heavy (non-hydrogen) atoms. The first-order valence-corrected chi connectivity index (χ1v) is 4.00. The number of phenols is 1. The molecule has 0 aliphatic carbocycles. The van der Waals surface area contributed by atoms with E-state index in [1.54, 1.807) is 0 Å². The maximum Gasteiger partial charge on any atom is 0.322 e. The molecule has 0 atom stereocenters. The molecule has 0 aliphatic rings. The van der Waals surface area contributed by atoms with E-state index in [0.29, 0.717) is 0 Å². The van der Waals surface area contributed by atoms with E-state index in [-0.39, 0.29) is 5.56 Å². The molecule has 1 amide bonds. The molecule has 0 saturated carbocycles. The zero-order chi connectivity index (χ0) is 11.4. The molecule has 0 unspecified atom stereocenters. The summed E-state index contributed by atoms with van der Waals surface area (Å²) >= 11 is 0. The zero-order valence-corrected chi connectivity index (χ0v) is 7.53. The normalized spacial score (nSPS) is 9.67. The van der Waals surface area contributed by atoms with Crippen molar-refractivity contribution in [3.05, 3.63) is 29.6 Å². The van der Waals surface area contributed by atoms with E-state index in [9.17, 15) is 14.0 Å². The van der Waals surface area contributed by atoms with Crippen molar-refractivity contribution in [2.45, 2.75) is 0 Å². The molecule has 1 aromatic carbocycles. The SMILES string of the molecule is O=C(O)CNC(=O)c1cccc(F)c1O. The summed E-state index contributed by atoms with van der Waals surface area (Å²) in [5, 5.41) is 19.4. The van der Waals surface area contributed by atoms with Gasteiger partial charge in [0.1, 0.15) is 6.54 Å². The quantitative estimate of drug-likeness (QED) is 0.676. The first-order chi connectivity index (χ1) is 7.02. The van der Waals surface area contributed by atoms with Crippen molar-refractivity contribution in [3.63, 3.8) is 0 Å². The molecule has 0 heterocycles. The predicted molar refractivity (Wildman–Crippen MR) is 48.0 cm³/mol. The highest BCUT2D eigenvalue weighted by atomic mass is 19.1. The van der Waals surface area contributed by atoms with Gasteiger partial charge in [-0.2, -0.15) is 0 Å². The standard InChI is InChI=1S/C9H8FNO4/c10-6-3-1-2-5(8(6)14)9(15)11-4-7(12)13/h1-3,14H,4H2,(H,11,15)(H,12,13). The summed E-state index contributed by atoms with van der Waals surface area (Å²) in [6.45, 7) is -0.589. The van der Waals surface area contributed by atoms with Crippen molar-refractivity contribution in [3.8, 4) is 5.75 Å². The topological polar surface area (TPSA) is 86.6 Å². The van der Waals surface area contributed by atoms with Crippen LogP contribution in [-0.4, -0.2) is 28.6 Å². The van der Waals surface area contributed by atoms with Crippen molar-refractivity contribution < 1.29 is 24.2 Å². The average Bonchev–Trinajstić information content (AvgIpc) is 2.18. The summed E-state index contributed by atoms with van der Waals surface area (Å²) in [5.41, 5.74) is -0.295. The van der Waals surface area contributed by atoms with Gasteiger partial charge in [0.25, 0.3) is 5.91 Å². The molecular weight excluding hydrogens is 205 g/mol. The Labute approximate surface area is 84.2 Å². The number of hydrogen-bond acceptors (Lipinski definition) is 3. The Kier molecular flexibility index (Phi) is 3.22. The molecule has 0 aromatic heterocycles. The van der Waals surface area contributed by atoms with Gasteiger partial charge in [-0.3, -0.25) is 9.59 Å². The minimum absolute atomic E-state index is 0.295. The molecule has 0 saturated heterocycles. The third kappa shape index (κ3) is 2.67. The molecule has 0 radical (unpaired) electrons. The zero-order valence-electron chi connectivity index (χ0n) is 7.53. The average molecular weight is 213 g/mol. The summed E-state index contributed by atoms with van der Waals surface area (Å²) < 4.78 is 12.8. The molecule has 0 aliphatic heterocycles. The van der Waals surface area contributed by atoms with E-state index >= 15 is 0 Å². The summed E-state index contributed by atoms with van der Waals surface area (Å²) in [4.78, 5) is 21.4. The predicted octanol–water partition coefficient (Wildman–Crippen LogP) is 0.346. The number of carbonyl (C=O) groups is 2. The van der Waals surface area contributed by atoms with Crippen LogP contribution in [0.5, 0.6) is 5.75 Å². The number of phenolic OH excluding ortho intramolecular Hbond substituents is 1. The number of carboxylic acid groups (broad SMARTS) is 1. The van der Waals surface area contributed by atoms with Crippen molar-refractivity contribution >= 4 is 11.9 Å². The summed E-state index contributed by atoms with van der Waals surface area (Å²) in [6, 6.07) is 3.42. The van der Waals surface area contributed by atoms with Gasteiger partial charge in [-0.1, -0.05) is 6.07 Å². The highest BCUT2D eigenvalue weighted by Gasteiger charge is 2.14. The maximum absolute atomic E-state index is 12.8. The third-order valence-electron chi connectivity index (χ3n) is 1.63. The van der Waals surface area contributed by atoms with Crippen LogP contribution < -0.4 is 5.32 Å². The Bertz CT molecular complexity index is 405. The van der Waals surface area contributed by atoms with Crippen molar-refractivity contribution in [2.75, 3.05) is 6.54 Å². The Morgan fingerprint density at radius 2 is 2.07 bits per heavy atom. The van der Waals surface area contributed by atoms with E-state index in [0.717, 1.165) is 6.07 Å². The second kappa shape index (κ2) is 4.41. The molecule has 0 spiro atoms. The van der Waals surface area contributed by atoms with Crippen LogP contribution >= 0.6 is 0 Å². The van der Waals surface area contributed by atoms with Crippen LogP contribution in [0, 0.1) is 5.82 Å². The number of aromatic hydroxyl groups is 1. The largest absolute Gasteiger partial charge is 0.504 e. The molecule has 80 valence electrons. The van der Waals surface area contributed by atoms with E-state index in [2.05, 4.69) is 0 Å². The Hall–Kier alpha value is -2.11. The molecule has 1 rings (SSSR count). The number of carbonyl (C=O) groups excluding carboxylic acids is 1. The molecular formula is C9H8FNO4. The van der Waals surface area contributed by atoms with Gasteiger partial charge in [0, 0.05) is 0 Å². The minimum atomic E-state index is -1.22. The van der Waals surface area contributed by atoms with Gasteiger partial charge in [-0.05, 0) is 12.1 Å². The lowest BCUT2D eigenvalue weighted by atomic mass is 10.2. The van der Waals surface area contributed by atoms with E-state index in [1.165, 1.54) is 12.1 Å². The number of para-hydroxylation sites is 1. The molecule has 6 heteroatoms. The lowest BCUT2D eigenvalue weighted by Crippen LogP contribution is -2.29. The van der Waals surface area contributed by atoms with Crippen molar-refractivity contribution in [1.29, 1.82) is 0 Å².